The Kier molecular flexibility index (Phi) is 1.86. The van der Waals surface area contributed by atoms with Crippen molar-refractivity contribution in [3.8, 4) is 0 Å². The van der Waals surface area contributed by atoms with E-state index in [1.54, 1.807) is 11.3 Å². The van der Waals surface area contributed by atoms with Crippen LogP contribution in [0.25, 0.3) is 0 Å². The van der Waals surface area contributed by atoms with Crippen LogP contribution >= 0.6 is 11.3 Å². The zero-order chi connectivity index (χ0) is 8.55. The van der Waals surface area contributed by atoms with Crippen LogP contribution in [0.15, 0.2) is 11.4 Å². The van der Waals surface area contributed by atoms with Gasteiger partial charge in [0.15, 0.2) is 0 Å². The predicted octanol–water partition coefficient (Wildman–Crippen LogP) is 0.847. The number of rotatable bonds is 1. The zero-order valence-electron chi connectivity index (χ0n) is 6.41. The lowest BCUT2D eigenvalue weighted by Gasteiger charge is -2.19. The minimum atomic E-state index is -0.758. The van der Waals surface area contributed by atoms with Gasteiger partial charge in [-0.15, -0.1) is 11.3 Å². The molecule has 3 nitrogen and oxygen atoms in total. The minimum absolute atomic E-state index is 0.396. The molecule has 0 radical (unpaired) electrons. The fraction of sp³-hybridized carbons (Fsp3) is 0.375. The molecule has 1 atom stereocenters. The molecule has 2 rings (SSSR count). The maximum absolute atomic E-state index is 10.6. The average molecular weight is 183 g/mol. The second-order valence-electron chi connectivity index (χ2n) is 2.84. The van der Waals surface area contributed by atoms with Crippen LogP contribution in [-0.4, -0.2) is 17.1 Å². The molecule has 0 fully saturated rings. The number of carboxylic acid groups (broad SMARTS) is 1. The van der Waals surface area contributed by atoms with Crippen molar-refractivity contribution >= 4 is 17.3 Å². The molecule has 12 heavy (non-hydrogen) atoms. The van der Waals surface area contributed by atoms with E-state index in [9.17, 15) is 4.79 Å². The first-order chi connectivity index (χ1) is 5.77. The maximum atomic E-state index is 10.6. The number of carbonyl (C=O) groups is 1. The second-order valence-corrected chi connectivity index (χ2v) is 3.85. The highest BCUT2D eigenvalue weighted by Crippen LogP contribution is 2.21. The number of hydrogen-bond acceptors (Lipinski definition) is 3. The van der Waals surface area contributed by atoms with Gasteiger partial charge < -0.3 is 5.11 Å². The van der Waals surface area contributed by atoms with Crippen molar-refractivity contribution in [2.75, 3.05) is 0 Å². The Bertz CT molecular complexity index is 308. The van der Waals surface area contributed by atoms with Crippen molar-refractivity contribution in [1.29, 1.82) is 0 Å². The first kappa shape index (κ1) is 7.76. The van der Waals surface area contributed by atoms with Crippen molar-refractivity contribution in [3.63, 3.8) is 0 Å². The van der Waals surface area contributed by atoms with E-state index in [0.717, 1.165) is 0 Å². The van der Waals surface area contributed by atoms with E-state index >= 15 is 0 Å². The third-order valence-corrected chi connectivity index (χ3v) is 3.03. The third kappa shape index (κ3) is 1.23. The summed E-state index contributed by atoms with van der Waals surface area (Å²) in [4.78, 5) is 11.9. The van der Waals surface area contributed by atoms with Gasteiger partial charge in [-0.3, -0.25) is 10.1 Å². The number of hydrogen-bond donors (Lipinski definition) is 2. The molecule has 1 aliphatic heterocycles. The first-order valence-corrected chi connectivity index (χ1v) is 4.67. The summed E-state index contributed by atoms with van der Waals surface area (Å²) in [7, 11) is 0. The van der Waals surface area contributed by atoms with Gasteiger partial charge in [0.05, 0.1) is 0 Å². The minimum Gasteiger partial charge on any atom is -0.480 e. The van der Waals surface area contributed by atoms with Crippen LogP contribution in [0.4, 0.5) is 0 Å². The van der Waals surface area contributed by atoms with E-state index in [-0.39, 0.29) is 0 Å². The predicted molar refractivity (Wildman–Crippen MR) is 46.3 cm³/mol. The van der Waals surface area contributed by atoms with Gasteiger partial charge in [0.2, 0.25) is 0 Å². The van der Waals surface area contributed by atoms with Gasteiger partial charge >= 0.3 is 5.97 Å². The highest BCUT2D eigenvalue weighted by Gasteiger charge is 2.23. The molecule has 2 N–H and O–H groups in total. The Morgan fingerprint density at radius 3 is 3.33 bits per heavy atom. The standard InChI is InChI=1S/C8H9NO2S/c10-8(11)6-3-5-1-2-12-7(5)4-9-6/h1-2,6,9H,3-4H2,(H,10,11)/t6-/m1/s1. The van der Waals surface area contributed by atoms with Gasteiger partial charge in [0.1, 0.15) is 6.04 Å². The molecular formula is C8H9NO2S. The SMILES string of the molecule is O=C(O)[C@H]1Cc2ccsc2CN1. The Balaban J connectivity index is 2.20. The summed E-state index contributed by atoms with van der Waals surface area (Å²) >= 11 is 1.68. The fourth-order valence-electron chi connectivity index (χ4n) is 1.39. The summed E-state index contributed by atoms with van der Waals surface area (Å²) in [5.74, 6) is -0.758. The lowest BCUT2D eigenvalue weighted by atomic mass is 10.0. The Hall–Kier alpha value is -0.870. The Labute approximate surface area is 74.0 Å². The molecule has 0 spiro atoms. The topological polar surface area (TPSA) is 49.3 Å². The summed E-state index contributed by atoms with van der Waals surface area (Å²) in [6.45, 7) is 0.698. The molecule has 2 heterocycles. The molecule has 1 aromatic heterocycles. The summed E-state index contributed by atoms with van der Waals surface area (Å²) in [6.07, 6.45) is 0.619. The van der Waals surface area contributed by atoms with E-state index < -0.39 is 12.0 Å². The quantitative estimate of drug-likeness (QED) is 0.678. The molecule has 1 aromatic rings. The molecule has 0 aromatic carbocycles. The van der Waals surface area contributed by atoms with Crippen LogP contribution in [0.2, 0.25) is 0 Å². The zero-order valence-corrected chi connectivity index (χ0v) is 7.23. The molecule has 64 valence electrons. The number of nitrogens with one attached hydrogen (secondary N) is 1. The lowest BCUT2D eigenvalue weighted by Crippen LogP contribution is -2.40. The van der Waals surface area contributed by atoms with Crippen molar-refractivity contribution < 1.29 is 9.90 Å². The summed E-state index contributed by atoms with van der Waals surface area (Å²) < 4.78 is 0. The molecule has 1 aliphatic rings. The maximum Gasteiger partial charge on any atom is 0.321 e. The smallest absolute Gasteiger partial charge is 0.321 e. The van der Waals surface area contributed by atoms with E-state index in [1.807, 2.05) is 11.4 Å². The van der Waals surface area contributed by atoms with Gasteiger partial charge in [0.25, 0.3) is 0 Å². The monoisotopic (exact) mass is 183 g/mol. The van der Waals surface area contributed by atoms with Crippen LogP contribution < -0.4 is 5.32 Å². The number of aliphatic carboxylic acids is 1. The second kappa shape index (κ2) is 2.88. The molecular weight excluding hydrogens is 174 g/mol. The average Bonchev–Trinajstić information content (AvgIpc) is 2.49. The van der Waals surface area contributed by atoms with Crippen molar-refractivity contribution in [2.45, 2.75) is 19.0 Å². The Morgan fingerprint density at radius 2 is 2.58 bits per heavy atom. The lowest BCUT2D eigenvalue weighted by molar-refractivity contribution is -0.139. The van der Waals surface area contributed by atoms with Crippen LogP contribution in [0, 0.1) is 0 Å². The van der Waals surface area contributed by atoms with Crippen LogP contribution in [0.1, 0.15) is 10.4 Å². The summed E-state index contributed by atoms with van der Waals surface area (Å²) in [6, 6.07) is 1.61. The molecule has 0 bridgehead atoms. The van der Waals surface area contributed by atoms with Crippen molar-refractivity contribution in [1.82, 2.24) is 5.32 Å². The van der Waals surface area contributed by atoms with Gasteiger partial charge in [0, 0.05) is 11.4 Å². The molecule has 0 aliphatic carbocycles. The Morgan fingerprint density at radius 1 is 1.75 bits per heavy atom. The highest BCUT2D eigenvalue weighted by molar-refractivity contribution is 7.10. The van der Waals surface area contributed by atoms with E-state index in [0.29, 0.717) is 13.0 Å². The van der Waals surface area contributed by atoms with Gasteiger partial charge in [-0.1, -0.05) is 0 Å². The molecule has 0 saturated heterocycles. The first-order valence-electron chi connectivity index (χ1n) is 3.79. The normalized spacial score (nSPS) is 21.8. The molecule has 0 unspecified atom stereocenters. The number of carboxylic acids is 1. The van der Waals surface area contributed by atoms with Gasteiger partial charge in [-0.05, 0) is 23.4 Å². The molecule has 0 amide bonds. The number of thiophene rings is 1. The third-order valence-electron chi connectivity index (χ3n) is 2.07. The van der Waals surface area contributed by atoms with Crippen LogP contribution in [-0.2, 0) is 17.8 Å². The summed E-state index contributed by atoms with van der Waals surface area (Å²) in [5.41, 5.74) is 1.19. The highest BCUT2D eigenvalue weighted by atomic mass is 32.1. The number of fused-ring (bicyclic) bond motifs is 1. The van der Waals surface area contributed by atoms with E-state index in [2.05, 4.69) is 5.32 Å². The molecule has 4 heteroatoms. The largest absolute Gasteiger partial charge is 0.480 e. The van der Waals surface area contributed by atoms with Gasteiger partial charge in [-0.25, -0.2) is 0 Å². The fourth-order valence-corrected chi connectivity index (χ4v) is 2.25. The molecule has 0 saturated carbocycles. The van der Waals surface area contributed by atoms with Crippen LogP contribution in [0.5, 0.6) is 0 Å². The van der Waals surface area contributed by atoms with Crippen LogP contribution in [0.3, 0.4) is 0 Å². The van der Waals surface area contributed by atoms with Crippen molar-refractivity contribution in [2.24, 2.45) is 0 Å². The van der Waals surface area contributed by atoms with Gasteiger partial charge in [-0.2, -0.15) is 0 Å². The van der Waals surface area contributed by atoms with E-state index in [4.69, 9.17) is 5.11 Å². The van der Waals surface area contributed by atoms with E-state index in [1.165, 1.54) is 10.4 Å². The van der Waals surface area contributed by atoms with Crippen molar-refractivity contribution in [3.05, 3.63) is 21.9 Å². The summed E-state index contributed by atoms with van der Waals surface area (Å²) in [5, 5.41) is 13.7.